The highest BCUT2D eigenvalue weighted by atomic mass is 32.1. The number of thiophene rings is 1. The molecule has 0 bridgehead atoms. The fourth-order valence-electron chi connectivity index (χ4n) is 8.51. The molecule has 0 aliphatic heterocycles. The van der Waals surface area contributed by atoms with E-state index in [1.54, 1.807) is 0 Å². The molecule has 0 atom stereocenters. The standard InChI is InChI=1S/C39H33B10N3OS/c40-25-23(26(41)30(45)33(48)29(25)44)38-50-37(51-39(52-38)24-27(42)31(46)34(49)32(47)28(24)43)14-11-12-15-17-6-3-7-18(35(17)53-21(15)13-14)20-9-4-8-19-16-5-1-2-10-22(16)54-36(19)20/h1-13H,40-49H2. The third-order valence-electron chi connectivity index (χ3n) is 12.5. The molecule has 0 fully saturated rings. The molecule has 0 saturated heterocycles. The van der Waals surface area contributed by atoms with Crippen LogP contribution in [0.5, 0.6) is 0 Å². The molecule has 9 rings (SSSR count). The largest absolute Gasteiger partial charge is 0.455 e. The SMILES string of the molecule is Bc1c(B)c(B)c(-c2nc(-c3ccc4c(c3)oc3c(-c5cccc6c5sc5ccccc56)cccc34)nc(-c3c(B)c(B)c(B)c(B)c3B)n2)c(B)c1B. The molecule has 0 aliphatic carbocycles. The zero-order chi connectivity index (χ0) is 37.7. The van der Waals surface area contributed by atoms with E-state index in [0.717, 1.165) is 44.2 Å². The molecule has 0 unspecified atom stereocenters. The van der Waals surface area contributed by atoms with Crippen molar-refractivity contribution >= 4 is 187 Å². The lowest BCUT2D eigenvalue weighted by Crippen LogP contribution is -2.55. The maximum atomic E-state index is 6.85. The van der Waals surface area contributed by atoms with E-state index in [0.29, 0.717) is 17.5 Å². The van der Waals surface area contributed by atoms with Gasteiger partial charge in [-0.15, -0.1) is 44.1 Å². The molecule has 246 valence electrons. The Balaban J connectivity index is 1.27. The van der Waals surface area contributed by atoms with Gasteiger partial charge in [-0.05, 0) is 18.2 Å². The molecule has 9 aromatic rings. The second-order valence-corrected chi connectivity index (χ2v) is 16.1. The lowest BCUT2D eigenvalue weighted by molar-refractivity contribution is 0.670. The Morgan fingerprint density at radius 2 is 0.926 bits per heavy atom. The highest BCUT2D eigenvalue weighted by molar-refractivity contribution is 7.26. The molecule has 0 aliphatic rings. The van der Waals surface area contributed by atoms with Gasteiger partial charge in [0.25, 0.3) is 0 Å². The number of hydrogen-bond acceptors (Lipinski definition) is 5. The van der Waals surface area contributed by atoms with Crippen LogP contribution in [-0.2, 0) is 0 Å². The van der Waals surface area contributed by atoms with E-state index in [9.17, 15) is 0 Å². The fourth-order valence-corrected chi connectivity index (χ4v) is 9.74. The quantitative estimate of drug-likeness (QED) is 0.172. The van der Waals surface area contributed by atoms with Gasteiger partial charge in [-0.25, -0.2) is 15.0 Å². The Bertz CT molecular complexity index is 2940. The van der Waals surface area contributed by atoms with Crippen LogP contribution < -0.4 is 54.6 Å². The van der Waals surface area contributed by atoms with Crippen molar-refractivity contribution < 1.29 is 4.42 Å². The predicted molar refractivity (Wildman–Crippen MR) is 264 cm³/mol. The summed E-state index contributed by atoms with van der Waals surface area (Å²) in [6.45, 7) is 0. The van der Waals surface area contributed by atoms with Gasteiger partial charge in [0.2, 0.25) is 0 Å². The van der Waals surface area contributed by atoms with E-state index >= 15 is 0 Å². The van der Waals surface area contributed by atoms with E-state index in [1.165, 1.54) is 80.4 Å². The average molecular weight is 700 g/mol. The van der Waals surface area contributed by atoms with E-state index in [2.05, 4.69) is 157 Å². The van der Waals surface area contributed by atoms with Gasteiger partial charge >= 0.3 is 0 Å². The maximum Gasteiger partial charge on any atom is 0.164 e. The molecule has 6 aromatic carbocycles. The van der Waals surface area contributed by atoms with Crippen LogP contribution in [0.1, 0.15) is 0 Å². The number of fused-ring (bicyclic) bond motifs is 6. The summed E-state index contributed by atoms with van der Waals surface area (Å²) in [5.74, 6) is 2.04. The molecule has 0 amide bonds. The third-order valence-corrected chi connectivity index (χ3v) is 13.8. The number of nitrogens with zero attached hydrogens (tertiary/aromatic N) is 3. The molecular weight excluding hydrogens is 667 g/mol. The van der Waals surface area contributed by atoms with Gasteiger partial charge in [-0.2, -0.15) is 0 Å². The van der Waals surface area contributed by atoms with Crippen molar-refractivity contribution in [3.05, 3.63) is 78.9 Å². The zero-order valence-electron chi connectivity index (χ0n) is 32.7. The summed E-state index contributed by atoms with van der Waals surface area (Å²) in [5, 5.41) is 4.73. The Kier molecular flexibility index (Phi) is 8.24. The minimum atomic E-state index is 0.636. The second kappa shape index (κ2) is 12.8. The summed E-state index contributed by atoms with van der Waals surface area (Å²) in [6, 6.07) is 28.2. The van der Waals surface area contributed by atoms with Gasteiger partial charge in [-0.1, -0.05) is 82.5 Å². The van der Waals surface area contributed by atoms with Gasteiger partial charge in [-0.3, -0.25) is 0 Å². The summed E-state index contributed by atoms with van der Waals surface area (Å²) in [7, 11) is 22.0. The highest BCUT2D eigenvalue weighted by Crippen LogP contribution is 2.43. The minimum Gasteiger partial charge on any atom is -0.455 e. The van der Waals surface area contributed by atoms with Gasteiger partial charge in [0.1, 0.15) is 89.6 Å². The number of hydrogen-bond donors (Lipinski definition) is 0. The number of para-hydroxylation sites is 1. The number of furan rings is 1. The number of aromatic nitrogens is 3. The predicted octanol–water partition coefficient (Wildman–Crippen LogP) is -6.61. The molecule has 0 saturated carbocycles. The van der Waals surface area contributed by atoms with Crippen LogP contribution in [0.2, 0.25) is 0 Å². The summed E-state index contributed by atoms with van der Waals surface area (Å²) < 4.78 is 9.42. The molecule has 3 heterocycles. The van der Waals surface area contributed by atoms with Gasteiger partial charge < -0.3 is 4.42 Å². The van der Waals surface area contributed by atoms with Crippen LogP contribution in [0.3, 0.4) is 0 Å². The molecule has 3 aromatic heterocycles. The lowest BCUT2D eigenvalue weighted by Gasteiger charge is -2.22. The van der Waals surface area contributed by atoms with Crippen LogP contribution in [0.15, 0.2) is 83.3 Å². The van der Waals surface area contributed by atoms with Crippen molar-refractivity contribution in [2.24, 2.45) is 0 Å². The number of rotatable bonds is 4. The van der Waals surface area contributed by atoms with Crippen molar-refractivity contribution in [3.63, 3.8) is 0 Å². The topological polar surface area (TPSA) is 51.8 Å². The Morgan fingerprint density at radius 1 is 0.426 bits per heavy atom. The van der Waals surface area contributed by atoms with Crippen LogP contribution >= 0.6 is 11.3 Å². The van der Waals surface area contributed by atoms with Crippen LogP contribution in [0, 0.1) is 0 Å². The minimum absolute atomic E-state index is 0.636. The first-order valence-electron chi connectivity index (χ1n) is 18.7. The van der Waals surface area contributed by atoms with Gasteiger partial charge in [0.05, 0.1) is 0 Å². The molecular formula is C39H33B10N3OS. The van der Waals surface area contributed by atoms with Crippen molar-refractivity contribution in [1.29, 1.82) is 0 Å². The highest BCUT2D eigenvalue weighted by Gasteiger charge is 2.23. The lowest BCUT2D eigenvalue weighted by atomic mass is 9.60. The van der Waals surface area contributed by atoms with Crippen LogP contribution in [0.25, 0.3) is 87.4 Å². The zero-order valence-corrected chi connectivity index (χ0v) is 33.5. The summed E-state index contributed by atoms with van der Waals surface area (Å²) in [5.41, 5.74) is 19.6. The molecule has 0 N–H and O–H groups in total. The first-order valence-corrected chi connectivity index (χ1v) is 19.5. The first-order chi connectivity index (χ1) is 25.9. The molecule has 0 radical (unpaired) electrons. The summed E-state index contributed by atoms with van der Waals surface area (Å²) in [6.07, 6.45) is 0. The number of benzene rings is 6. The van der Waals surface area contributed by atoms with E-state index in [-0.39, 0.29) is 0 Å². The monoisotopic (exact) mass is 701 g/mol. The first kappa shape index (κ1) is 34.7. The average Bonchev–Trinajstić information content (AvgIpc) is 3.76. The Morgan fingerprint density at radius 3 is 1.54 bits per heavy atom. The van der Waals surface area contributed by atoms with Crippen LogP contribution in [0.4, 0.5) is 0 Å². The van der Waals surface area contributed by atoms with Crippen LogP contribution in [-0.4, -0.2) is 93.4 Å². The smallest absolute Gasteiger partial charge is 0.164 e. The summed E-state index contributed by atoms with van der Waals surface area (Å²) >= 11 is 1.84. The second-order valence-electron chi connectivity index (χ2n) is 15.1. The molecule has 0 spiro atoms. The van der Waals surface area contributed by atoms with Crippen molar-refractivity contribution in [1.82, 2.24) is 15.0 Å². The third kappa shape index (κ3) is 5.15. The Labute approximate surface area is 328 Å². The summed E-state index contributed by atoms with van der Waals surface area (Å²) in [4.78, 5) is 15.9. The molecule has 4 nitrogen and oxygen atoms in total. The molecule has 54 heavy (non-hydrogen) atoms. The van der Waals surface area contributed by atoms with Gasteiger partial charge in [0, 0.05) is 58.8 Å². The van der Waals surface area contributed by atoms with Crippen molar-refractivity contribution in [3.8, 4) is 45.3 Å². The van der Waals surface area contributed by atoms with E-state index in [4.69, 9.17) is 19.4 Å². The Hall–Kier alpha value is -5.00. The van der Waals surface area contributed by atoms with Crippen molar-refractivity contribution in [2.75, 3.05) is 0 Å². The maximum absolute atomic E-state index is 6.85. The van der Waals surface area contributed by atoms with Gasteiger partial charge in [0.15, 0.2) is 17.5 Å². The van der Waals surface area contributed by atoms with E-state index < -0.39 is 0 Å². The van der Waals surface area contributed by atoms with Crippen molar-refractivity contribution in [2.45, 2.75) is 0 Å². The molecule has 15 heteroatoms. The normalized spacial score (nSPS) is 11.7. The fraction of sp³-hybridized carbons (Fsp3) is 0. The van der Waals surface area contributed by atoms with E-state index in [1.807, 2.05) is 11.3 Å².